The Morgan fingerprint density at radius 1 is 0.875 bits per heavy atom. The lowest BCUT2D eigenvalue weighted by atomic mass is 9.83. The third-order valence-corrected chi connectivity index (χ3v) is 6.42. The van der Waals surface area contributed by atoms with Gasteiger partial charge in [0.2, 0.25) is 0 Å². The summed E-state index contributed by atoms with van der Waals surface area (Å²) in [7, 11) is 0. The normalized spacial score (nSPS) is 14.3. The molecule has 0 heterocycles. The molecule has 0 saturated carbocycles. The van der Waals surface area contributed by atoms with E-state index in [9.17, 15) is 14.7 Å². The van der Waals surface area contributed by atoms with Gasteiger partial charge in [-0.1, -0.05) is 81.4 Å². The maximum absolute atomic E-state index is 13.1. The van der Waals surface area contributed by atoms with Crippen molar-refractivity contribution in [2.45, 2.75) is 77.6 Å². The fraction of sp³-hybridized carbons (Fsp3) is 0.481. The number of rotatable bonds is 12. The van der Waals surface area contributed by atoms with Crippen LogP contribution in [0.1, 0.15) is 64.5 Å². The lowest BCUT2D eigenvalue weighted by molar-refractivity contribution is -0.179. The highest BCUT2D eigenvalue weighted by molar-refractivity contribution is 5.76. The van der Waals surface area contributed by atoms with E-state index in [-0.39, 0.29) is 13.0 Å². The standard InChI is InChI=1S/C27H36O5/c1-5-26(18-22-14-10-8-11-15-22,32-25(29)21(4)27(30,6-2)7-3)19-24(28)31-20-23-16-12-9-13-17-23/h8-17,21,30H,5-7,18-20H2,1-4H3/t21-,26?/m0/s1. The van der Waals surface area contributed by atoms with Crippen LogP contribution in [0.15, 0.2) is 60.7 Å². The summed E-state index contributed by atoms with van der Waals surface area (Å²) in [6.45, 7) is 7.46. The van der Waals surface area contributed by atoms with Crippen molar-refractivity contribution in [1.29, 1.82) is 0 Å². The zero-order valence-electron chi connectivity index (χ0n) is 19.7. The molecule has 0 amide bonds. The quantitative estimate of drug-likeness (QED) is 0.457. The second-order valence-electron chi connectivity index (χ2n) is 8.48. The monoisotopic (exact) mass is 440 g/mol. The molecule has 0 saturated heterocycles. The third kappa shape index (κ3) is 6.92. The number of carbonyl (C=O) groups is 2. The van der Waals surface area contributed by atoms with Gasteiger partial charge in [-0.2, -0.15) is 0 Å². The maximum Gasteiger partial charge on any atom is 0.312 e. The van der Waals surface area contributed by atoms with Crippen LogP contribution in [-0.4, -0.2) is 28.2 Å². The van der Waals surface area contributed by atoms with E-state index in [1.165, 1.54) is 0 Å². The molecule has 2 aromatic carbocycles. The summed E-state index contributed by atoms with van der Waals surface area (Å²) in [5.41, 5.74) is -0.334. The van der Waals surface area contributed by atoms with Gasteiger partial charge in [0.05, 0.1) is 17.9 Å². The van der Waals surface area contributed by atoms with Gasteiger partial charge in [-0.05, 0) is 37.3 Å². The van der Waals surface area contributed by atoms with Gasteiger partial charge in [0.1, 0.15) is 12.2 Å². The van der Waals surface area contributed by atoms with Crippen molar-refractivity contribution in [3.8, 4) is 0 Å². The van der Waals surface area contributed by atoms with E-state index in [1.807, 2.05) is 81.4 Å². The molecule has 2 aromatic rings. The van der Waals surface area contributed by atoms with Crippen molar-refractivity contribution in [3.05, 3.63) is 71.8 Å². The molecule has 1 unspecified atom stereocenters. The summed E-state index contributed by atoms with van der Waals surface area (Å²) in [6, 6.07) is 19.1. The van der Waals surface area contributed by atoms with Crippen molar-refractivity contribution in [2.24, 2.45) is 5.92 Å². The van der Waals surface area contributed by atoms with Gasteiger partial charge in [0, 0.05) is 6.42 Å². The van der Waals surface area contributed by atoms with Crippen LogP contribution in [0.3, 0.4) is 0 Å². The minimum absolute atomic E-state index is 0.0552. The molecular formula is C27H36O5. The van der Waals surface area contributed by atoms with Crippen LogP contribution in [0.5, 0.6) is 0 Å². The Kier molecular flexibility index (Phi) is 9.45. The van der Waals surface area contributed by atoms with Gasteiger partial charge in [-0.3, -0.25) is 9.59 Å². The minimum atomic E-state index is -1.14. The summed E-state index contributed by atoms with van der Waals surface area (Å²) in [6.07, 6.45) is 1.66. The lowest BCUT2D eigenvalue weighted by Gasteiger charge is -2.36. The molecule has 0 bridgehead atoms. The van der Waals surface area contributed by atoms with Crippen molar-refractivity contribution >= 4 is 11.9 Å². The highest BCUT2D eigenvalue weighted by atomic mass is 16.6. The summed E-state index contributed by atoms with van der Waals surface area (Å²) in [5.74, 6) is -1.63. The summed E-state index contributed by atoms with van der Waals surface area (Å²) in [4.78, 5) is 25.9. The van der Waals surface area contributed by atoms with Gasteiger partial charge in [0.25, 0.3) is 0 Å². The highest BCUT2D eigenvalue weighted by Crippen LogP contribution is 2.32. The average molecular weight is 441 g/mol. The molecule has 5 nitrogen and oxygen atoms in total. The first-order valence-corrected chi connectivity index (χ1v) is 11.5. The van der Waals surface area contributed by atoms with Gasteiger partial charge >= 0.3 is 11.9 Å². The first kappa shape index (κ1) is 25.6. The second-order valence-corrected chi connectivity index (χ2v) is 8.48. The SMILES string of the molecule is CCC(CC(=O)OCc1ccccc1)(Cc1ccccc1)OC(=O)[C@H](C)C(O)(CC)CC. The van der Waals surface area contributed by atoms with Crippen LogP contribution in [0.25, 0.3) is 0 Å². The smallest absolute Gasteiger partial charge is 0.312 e. The Labute approximate surface area is 191 Å². The number of benzene rings is 2. The van der Waals surface area contributed by atoms with Crippen molar-refractivity contribution in [3.63, 3.8) is 0 Å². The van der Waals surface area contributed by atoms with Gasteiger partial charge in [0.15, 0.2) is 0 Å². The molecule has 2 rings (SSSR count). The molecule has 0 aliphatic carbocycles. The molecule has 0 fully saturated rings. The van der Waals surface area contributed by atoms with Gasteiger partial charge in [-0.25, -0.2) is 0 Å². The lowest BCUT2D eigenvalue weighted by Crippen LogP contribution is -2.46. The molecule has 32 heavy (non-hydrogen) atoms. The van der Waals surface area contributed by atoms with E-state index in [2.05, 4.69) is 0 Å². The Balaban J connectivity index is 2.21. The van der Waals surface area contributed by atoms with Crippen LogP contribution >= 0.6 is 0 Å². The predicted octanol–water partition coefficient (Wildman–Crippen LogP) is 5.24. The highest BCUT2D eigenvalue weighted by Gasteiger charge is 2.42. The van der Waals surface area contributed by atoms with Crippen molar-refractivity contribution in [1.82, 2.24) is 0 Å². The minimum Gasteiger partial charge on any atom is -0.461 e. The first-order chi connectivity index (χ1) is 15.3. The van der Waals surface area contributed by atoms with E-state index in [1.54, 1.807) is 6.92 Å². The molecule has 1 N–H and O–H groups in total. The van der Waals surface area contributed by atoms with E-state index in [4.69, 9.17) is 9.47 Å². The number of esters is 2. The van der Waals surface area contributed by atoms with Crippen LogP contribution in [0.2, 0.25) is 0 Å². The molecule has 5 heteroatoms. The van der Waals surface area contributed by atoms with E-state index < -0.39 is 29.1 Å². The van der Waals surface area contributed by atoms with E-state index in [0.717, 1.165) is 11.1 Å². The number of hydrogen-bond acceptors (Lipinski definition) is 5. The molecule has 0 aromatic heterocycles. The molecule has 0 aliphatic rings. The fourth-order valence-corrected chi connectivity index (χ4v) is 3.86. The molecule has 0 aliphatic heterocycles. The van der Waals surface area contributed by atoms with E-state index >= 15 is 0 Å². The fourth-order valence-electron chi connectivity index (χ4n) is 3.86. The Morgan fingerprint density at radius 3 is 1.91 bits per heavy atom. The molecule has 2 atom stereocenters. The average Bonchev–Trinajstić information content (AvgIpc) is 2.82. The van der Waals surface area contributed by atoms with Crippen LogP contribution in [0, 0.1) is 5.92 Å². The third-order valence-electron chi connectivity index (χ3n) is 6.42. The van der Waals surface area contributed by atoms with Crippen molar-refractivity contribution in [2.75, 3.05) is 0 Å². The van der Waals surface area contributed by atoms with Crippen LogP contribution in [0.4, 0.5) is 0 Å². The zero-order chi connectivity index (χ0) is 23.6. The Hall–Kier alpha value is -2.66. The summed E-state index contributed by atoms with van der Waals surface area (Å²) in [5, 5.41) is 10.8. The summed E-state index contributed by atoms with van der Waals surface area (Å²) >= 11 is 0. The summed E-state index contributed by atoms with van der Waals surface area (Å²) < 4.78 is 11.5. The van der Waals surface area contributed by atoms with E-state index in [0.29, 0.717) is 25.7 Å². The number of ether oxygens (including phenoxy) is 2. The van der Waals surface area contributed by atoms with Crippen LogP contribution in [-0.2, 0) is 32.1 Å². The number of hydrogen-bond donors (Lipinski definition) is 1. The maximum atomic E-state index is 13.1. The largest absolute Gasteiger partial charge is 0.461 e. The molecule has 0 radical (unpaired) electrons. The Morgan fingerprint density at radius 2 is 1.41 bits per heavy atom. The van der Waals surface area contributed by atoms with Gasteiger partial charge in [-0.15, -0.1) is 0 Å². The van der Waals surface area contributed by atoms with Crippen LogP contribution < -0.4 is 0 Å². The Bertz CT molecular complexity index is 845. The zero-order valence-corrected chi connectivity index (χ0v) is 19.7. The van der Waals surface area contributed by atoms with Gasteiger partial charge < -0.3 is 14.6 Å². The molecular weight excluding hydrogens is 404 g/mol. The molecule has 0 spiro atoms. The first-order valence-electron chi connectivity index (χ1n) is 11.5. The second kappa shape index (κ2) is 11.8. The number of carbonyl (C=O) groups excluding carboxylic acids is 2. The topological polar surface area (TPSA) is 72.8 Å². The predicted molar refractivity (Wildman–Crippen MR) is 125 cm³/mol. The van der Waals surface area contributed by atoms with Crippen molar-refractivity contribution < 1.29 is 24.2 Å². The number of aliphatic hydroxyl groups is 1. The molecule has 174 valence electrons.